The summed E-state index contributed by atoms with van der Waals surface area (Å²) in [6.45, 7) is 7.53. The number of aromatic nitrogens is 5. The van der Waals surface area contributed by atoms with Crippen LogP contribution in [0.15, 0.2) is 11.6 Å². The summed E-state index contributed by atoms with van der Waals surface area (Å²) in [5.74, 6) is -0.0493. The van der Waals surface area contributed by atoms with Crippen molar-refractivity contribution in [3.8, 4) is 11.4 Å². The number of nitrogens with two attached hydrogens (primary N) is 1. The van der Waals surface area contributed by atoms with Gasteiger partial charge in [-0.2, -0.15) is 5.10 Å². The third-order valence-corrected chi connectivity index (χ3v) is 6.06. The number of carbonyl (C=O) groups is 1. The molecule has 0 aliphatic heterocycles. The van der Waals surface area contributed by atoms with E-state index in [1.54, 1.807) is 6.20 Å². The van der Waals surface area contributed by atoms with Crippen molar-refractivity contribution in [1.82, 2.24) is 29.6 Å². The number of thiazole rings is 1. The zero-order valence-electron chi connectivity index (χ0n) is 17.9. The zero-order valence-corrected chi connectivity index (χ0v) is 18.7. The highest BCUT2D eigenvalue weighted by Gasteiger charge is 2.40. The van der Waals surface area contributed by atoms with Gasteiger partial charge >= 0.3 is 0 Å². The fraction of sp³-hybridized carbons (Fsp3) is 0.450. The Morgan fingerprint density at radius 3 is 2.80 bits per heavy atom. The molecular formula is C20H26N8OS. The minimum atomic E-state index is -0.316. The molecule has 0 radical (unpaired) electrons. The fourth-order valence-corrected chi connectivity index (χ4v) is 4.53. The standard InChI is InChI=1S/C20H26N8OS/c1-11-10-30-19(23-11)25-17(29)15-13-16(28(26-15)7-6-27(4)5)14-12(8-20(13,2)3)9-22-18(21)24-14/h9-10H,6-8H2,1-5H3,(H2,21,22,24)(H,23,25,29). The predicted octanol–water partition coefficient (Wildman–Crippen LogP) is 2.33. The Morgan fingerprint density at radius 2 is 2.13 bits per heavy atom. The number of nitrogens with one attached hydrogen (secondary N) is 1. The van der Waals surface area contributed by atoms with E-state index in [9.17, 15) is 4.79 Å². The number of fused-ring (bicyclic) bond motifs is 3. The Kier molecular flexibility index (Phi) is 5.07. The number of nitrogen functional groups attached to an aromatic ring is 1. The first-order valence-corrected chi connectivity index (χ1v) is 10.6. The third kappa shape index (κ3) is 3.68. The van der Waals surface area contributed by atoms with Gasteiger partial charge in [-0.15, -0.1) is 11.3 Å². The molecule has 0 unspecified atom stereocenters. The van der Waals surface area contributed by atoms with Crippen LogP contribution in [-0.2, 0) is 18.4 Å². The third-order valence-electron chi connectivity index (χ3n) is 5.18. The Hall–Kier alpha value is -2.85. The van der Waals surface area contributed by atoms with E-state index in [0.717, 1.165) is 34.8 Å². The summed E-state index contributed by atoms with van der Waals surface area (Å²) in [5, 5.41) is 10.1. The van der Waals surface area contributed by atoms with E-state index in [-0.39, 0.29) is 17.3 Å². The smallest absolute Gasteiger partial charge is 0.278 e. The lowest BCUT2D eigenvalue weighted by atomic mass is 9.73. The van der Waals surface area contributed by atoms with E-state index in [2.05, 4.69) is 39.0 Å². The molecule has 0 saturated carbocycles. The second-order valence-corrected chi connectivity index (χ2v) is 9.37. The van der Waals surface area contributed by atoms with Crippen molar-refractivity contribution < 1.29 is 4.79 Å². The molecule has 0 spiro atoms. The lowest BCUT2D eigenvalue weighted by molar-refractivity contribution is 0.101. The first kappa shape index (κ1) is 20.4. The number of rotatable bonds is 5. The van der Waals surface area contributed by atoms with Gasteiger partial charge in [0, 0.05) is 23.7 Å². The van der Waals surface area contributed by atoms with E-state index in [0.29, 0.717) is 23.8 Å². The van der Waals surface area contributed by atoms with Crippen molar-refractivity contribution in [1.29, 1.82) is 0 Å². The number of aryl methyl sites for hydroxylation is 1. The molecule has 0 atom stereocenters. The summed E-state index contributed by atoms with van der Waals surface area (Å²) in [5.41, 5.74) is 10.4. The van der Waals surface area contributed by atoms with Gasteiger partial charge in [-0.3, -0.25) is 14.8 Å². The first-order chi connectivity index (χ1) is 14.2. The molecule has 3 N–H and O–H groups in total. The molecule has 1 amide bonds. The topological polar surface area (TPSA) is 115 Å². The molecule has 0 aromatic carbocycles. The van der Waals surface area contributed by atoms with Gasteiger partial charge in [0.25, 0.3) is 5.91 Å². The van der Waals surface area contributed by atoms with Crippen molar-refractivity contribution in [2.45, 2.75) is 39.2 Å². The van der Waals surface area contributed by atoms with Gasteiger partial charge in [0.05, 0.1) is 23.6 Å². The highest BCUT2D eigenvalue weighted by Crippen LogP contribution is 2.44. The number of anilines is 2. The number of nitrogens with zero attached hydrogens (tertiary/aromatic N) is 6. The molecule has 3 heterocycles. The molecule has 30 heavy (non-hydrogen) atoms. The van der Waals surface area contributed by atoms with Gasteiger partial charge in [-0.1, -0.05) is 13.8 Å². The van der Waals surface area contributed by atoms with Crippen molar-refractivity contribution >= 4 is 28.3 Å². The van der Waals surface area contributed by atoms with Crippen molar-refractivity contribution in [2.24, 2.45) is 0 Å². The molecule has 3 aromatic rings. The number of carbonyl (C=O) groups excluding carboxylic acids is 1. The van der Waals surface area contributed by atoms with Crippen LogP contribution in [0.5, 0.6) is 0 Å². The second kappa shape index (κ2) is 7.44. The average molecular weight is 427 g/mol. The van der Waals surface area contributed by atoms with Crippen LogP contribution in [0.25, 0.3) is 11.4 Å². The van der Waals surface area contributed by atoms with Gasteiger partial charge in [0.2, 0.25) is 5.95 Å². The van der Waals surface area contributed by atoms with Crippen LogP contribution in [-0.4, -0.2) is 56.2 Å². The molecule has 0 fully saturated rings. The van der Waals surface area contributed by atoms with Gasteiger partial charge < -0.3 is 10.6 Å². The van der Waals surface area contributed by atoms with Crippen molar-refractivity contribution in [3.05, 3.63) is 34.1 Å². The molecule has 158 valence electrons. The molecule has 1 aliphatic carbocycles. The van der Waals surface area contributed by atoms with Crippen LogP contribution in [0, 0.1) is 6.92 Å². The van der Waals surface area contributed by atoms with Crippen LogP contribution < -0.4 is 11.1 Å². The zero-order chi connectivity index (χ0) is 21.6. The normalized spacial score (nSPS) is 14.5. The van der Waals surface area contributed by atoms with Gasteiger partial charge in [-0.25, -0.2) is 15.0 Å². The molecule has 4 rings (SSSR count). The SMILES string of the molecule is Cc1csc(NC(=O)c2nn(CCN(C)C)c3c2C(C)(C)Cc2cnc(N)nc2-3)n1. The maximum Gasteiger partial charge on any atom is 0.278 e. The van der Waals surface area contributed by atoms with E-state index >= 15 is 0 Å². The summed E-state index contributed by atoms with van der Waals surface area (Å²) in [4.78, 5) is 28.3. The largest absolute Gasteiger partial charge is 0.368 e. The van der Waals surface area contributed by atoms with E-state index < -0.39 is 0 Å². The van der Waals surface area contributed by atoms with Gasteiger partial charge in [0.1, 0.15) is 0 Å². The summed E-state index contributed by atoms with van der Waals surface area (Å²) < 4.78 is 1.88. The van der Waals surface area contributed by atoms with Gasteiger partial charge in [0.15, 0.2) is 10.8 Å². The Morgan fingerprint density at radius 1 is 1.37 bits per heavy atom. The second-order valence-electron chi connectivity index (χ2n) is 8.51. The van der Waals surface area contributed by atoms with Crippen molar-refractivity contribution in [3.63, 3.8) is 0 Å². The Bertz CT molecular complexity index is 1110. The van der Waals surface area contributed by atoms with E-state index in [1.165, 1.54) is 11.3 Å². The Labute approximate surface area is 179 Å². The number of hydrogen-bond donors (Lipinski definition) is 2. The molecular weight excluding hydrogens is 400 g/mol. The summed E-state index contributed by atoms with van der Waals surface area (Å²) >= 11 is 1.40. The minimum Gasteiger partial charge on any atom is -0.368 e. The molecule has 1 aliphatic rings. The highest BCUT2D eigenvalue weighted by molar-refractivity contribution is 7.13. The first-order valence-electron chi connectivity index (χ1n) is 9.77. The molecule has 0 bridgehead atoms. The highest BCUT2D eigenvalue weighted by atomic mass is 32.1. The van der Waals surface area contributed by atoms with Crippen LogP contribution in [0.1, 0.15) is 41.2 Å². The Balaban J connectivity index is 1.86. The average Bonchev–Trinajstić information content (AvgIpc) is 3.25. The predicted molar refractivity (Wildman–Crippen MR) is 118 cm³/mol. The van der Waals surface area contributed by atoms with Crippen LogP contribution >= 0.6 is 11.3 Å². The van der Waals surface area contributed by atoms with Crippen LogP contribution in [0.2, 0.25) is 0 Å². The summed E-state index contributed by atoms with van der Waals surface area (Å²) in [7, 11) is 4.01. The fourth-order valence-electron chi connectivity index (χ4n) is 3.85. The molecule has 3 aromatic heterocycles. The monoisotopic (exact) mass is 426 g/mol. The lowest BCUT2D eigenvalue weighted by Crippen LogP contribution is -2.29. The number of amides is 1. The number of likely N-dealkylation sites (N-methyl/N-ethyl adjacent to an activating group) is 1. The maximum absolute atomic E-state index is 13.2. The molecule has 9 nitrogen and oxygen atoms in total. The van der Waals surface area contributed by atoms with Crippen LogP contribution in [0.3, 0.4) is 0 Å². The van der Waals surface area contributed by atoms with E-state index in [1.807, 2.05) is 31.1 Å². The minimum absolute atomic E-state index is 0.212. The quantitative estimate of drug-likeness (QED) is 0.643. The summed E-state index contributed by atoms with van der Waals surface area (Å²) in [6.07, 6.45) is 2.48. The maximum atomic E-state index is 13.2. The lowest BCUT2D eigenvalue weighted by Gasteiger charge is -2.31. The van der Waals surface area contributed by atoms with Crippen LogP contribution in [0.4, 0.5) is 11.1 Å². The van der Waals surface area contributed by atoms with Crippen molar-refractivity contribution in [2.75, 3.05) is 31.7 Å². The molecule has 10 heteroatoms. The van der Waals surface area contributed by atoms with Gasteiger partial charge in [-0.05, 0) is 38.4 Å². The van der Waals surface area contributed by atoms with E-state index in [4.69, 9.17) is 10.8 Å². The molecule has 0 saturated heterocycles. The number of hydrogen-bond acceptors (Lipinski definition) is 8. The summed E-state index contributed by atoms with van der Waals surface area (Å²) in [6, 6.07) is 0.